The monoisotopic (exact) mass is 394 g/mol. The Morgan fingerprint density at radius 1 is 1.08 bits per heavy atom. The summed E-state index contributed by atoms with van der Waals surface area (Å²) in [4.78, 5) is 23.7. The van der Waals surface area contributed by atoms with Gasteiger partial charge in [0, 0.05) is 12.1 Å². The van der Waals surface area contributed by atoms with Gasteiger partial charge in [0.1, 0.15) is 0 Å². The highest BCUT2D eigenvalue weighted by molar-refractivity contribution is 6.34. The van der Waals surface area contributed by atoms with Gasteiger partial charge in [-0.1, -0.05) is 23.2 Å². The zero-order valence-corrected chi connectivity index (χ0v) is 15.2. The molecule has 3 N–H and O–H groups in total. The third-order valence-corrected chi connectivity index (χ3v) is 4.35. The van der Waals surface area contributed by atoms with E-state index >= 15 is 0 Å². The number of halogens is 2. The van der Waals surface area contributed by atoms with Gasteiger partial charge in [-0.3, -0.25) is 9.59 Å². The summed E-state index contributed by atoms with van der Waals surface area (Å²) in [5.41, 5.74) is 6.50. The third kappa shape index (κ3) is 4.20. The SMILES string of the molecule is NC(=O)c1cc(NC(=O)Cc2cc(Cl)c3c(c2)OCCCO3)ccc1Cl. The quantitative estimate of drug-likeness (QED) is 0.830. The van der Waals surface area contributed by atoms with Crippen LogP contribution in [0.3, 0.4) is 0 Å². The molecule has 1 heterocycles. The molecule has 8 heteroatoms. The van der Waals surface area contributed by atoms with Crippen molar-refractivity contribution in [2.75, 3.05) is 18.5 Å². The molecule has 136 valence electrons. The van der Waals surface area contributed by atoms with Crippen LogP contribution in [0.4, 0.5) is 5.69 Å². The van der Waals surface area contributed by atoms with Gasteiger partial charge in [0.15, 0.2) is 11.5 Å². The van der Waals surface area contributed by atoms with E-state index in [4.69, 9.17) is 38.4 Å². The topological polar surface area (TPSA) is 90.7 Å². The van der Waals surface area contributed by atoms with E-state index in [-0.39, 0.29) is 22.9 Å². The number of rotatable bonds is 4. The minimum Gasteiger partial charge on any atom is -0.489 e. The summed E-state index contributed by atoms with van der Waals surface area (Å²) < 4.78 is 11.2. The molecule has 0 saturated carbocycles. The van der Waals surface area contributed by atoms with E-state index in [1.54, 1.807) is 18.2 Å². The Kier molecular flexibility index (Phi) is 5.54. The van der Waals surface area contributed by atoms with Crippen LogP contribution in [0.5, 0.6) is 11.5 Å². The molecular formula is C18H16Cl2N2O4. The number of carbonyl (C=O) groups excluding carboxylic acids is 2. The van der Waals surface area contributed by atoms with Gasteiger partial charge >= 0.3 is 0 Å². The van der Waals surface area contributed by atoms with Crippen LogP contribution in [0.2, 0.25) is 10.0 Å². The molecule has 2 amide bonds. The molecule has 1 aliphatic heterocycles. The second-order valence-corrected chi connectivity index (χ2v) is 6.55. The Morgan fingerprint density at radius 3 is 2.62 bits per heavy atom. The molecule has 6 nitrogen and oxygen atoms in total. The van der Waals surface area contributed by atoms with E-state index in [0.717, 1.165) is 6.42 Å². The van der Waals surface area contributed by atoms with Gasteiger partial charge < -0.3 is 20.5 Å². The largest absolute Gasteiger partial charge is 0.489 e. The summed E-state index contributed by atoms with van der Waals surface area (Å²) >= 11 is 12.1. The van der Waals surface area contributed by atoms with E-state index in [9.17, 15) is 9.59 Å². The lowest BCUT2D eigenvalue weighted by molar-refractivity contribution is -0.115. The van der Waals surface area contributed by atoms with Crippen LogP contribution in [-0.2, 0) is 11.2 Å². The summed E-state index contributed by atoms with van der Waals surface area (Å²) in [6.45, 7) is 1.06. The highest BCUT2D eigenvalue weighted by Crippen LogP contribution is 2.38. The Bertz CT molecular complexity index is 871. The van der Waals surface area contributed by atoms with Crippen LogP contribution in [0.1, 0.15) is 22.3 Å². The van der Waals surface area contributed by atoms with Crippen molar-refractivity contribution in [3.05, 3.63) is 51.5 Å². The smallest absolute Gasteiger partial charge is 0.250 e. The first-order valence-electron chi connectivity index (χ1n) is 7.91. The number of hydrogen-bond acceptors (Lipinski definition) is 4. The molecule has 0 atom stereocenters. The lowest BCUT2D eigenvalue weighted by atomic mass is 10.1. The summed E-state index contributed by atoms with van der Waals surface area (Å²) in [5, 5.41) is 3.33. The number of carbonyl (C=O) groups is 2. The van der Waals surface area contributed by atoms with Crippen molar-refractivity contribution >= 4 is 40.7 Å². The predicted molar refractivity (Wildman–Crippen MR) is 99.4 cm³/mol. The van der Waals surface area contributed by atoms with Gasteiger partial charge in [-0.15, -0.1) is 0 Å². The molecular weight excluding hydrogens is 379 g/mol. The average Bonchev–Trinajstić information content (AvgIpc) is 2.82. The Hall–Kier alpha value is -2.44. The third-order valence-electron chi connectivity index (χ3n) is 3.74. The number of nitrogens with one attached hydrogen (secondary N) is 1. The van der Waals surface area contributed by atoms with E-state index in [1.807, 2.05) is 0 Å². The molecule has 0 saturated heterocycles. The Morgan fingerprint density at radius 2 is 1.85 bits per heavy atom. The van der Waals surface area contributed by atoms with Crippen molar-refractivity contribution in [2.24, 2.45) is 5.73 Å². The number of amides is 2. The number of fused-ring (bicyclic) bond motifs is 1. The van der Waals surface area contributed by atoms with Gasteiger partial charge in [-0.2, -0.15) is 0 Å². The van der Waals surface area contributed by atoms with Gasteiger partial charge in [0.05, 0.1) is 35.2 Å². The van der Waals surface area contributed by atoms with Crippen molar-refractivity contribution in [2.45, 2.75) is 12.8 Å². The number of hydrogen-bond donors (Lipinski definition) is 2. The zero-order valence-electron chi connectivity index (χ0n) is 13.7. The second-order valence-electron chi connectivity index (χ2n) is 5.74. The fraction of sp³-hybridized carbons (Fsp3) is 0.222. The first-order valence-corrected chi connectivity index (χ1v) is 8.67. The van der Waals surface area contributed by atoms with Crippen LogP contribution in [0.25, 0.3) is 0 Å². The predicted octanol–water partition coefficient (Wildman–Crippen LogP) is 3.43. The highest BCUT2D eigenvalue weighted by Gasteiger charge is 2.17. The van der Waals surface area contributed by atoms with Crippen LogP contribution in [-0.4, -0.2) is 25.0 Å². The van der Waals surface area contributed by atoms with Gasteiger partial charge in [0.2, 0.25) is 11.8 Å². The van der Waals surface area contributed by atoms with Crippen molar-refractivity contribution in [3.63, 3.8) is 0 Å². The highest BCUT2D eigenvalue weighted by atomic mass is 35.5. The van der Waals surface area contributed by atoms with Crippen LogP contribution in [0.15, 0.2) is 30.3 Å². The van der Waals surface area contributed by atoms with Gasteiger partial charge in [-0.05, 0) is 35.9 Å². The molecule has 0 aromatic heterocycles. The Balaban J connectivity index is 1.74. The summed E-state index contributed by atoms with van der Waals surface area (Å²) in [6, 6.07) is 7.94. The number of primary amides is 1. The van der Waals surface area contributed by atoms with Crippen molar-refractivity contribution in [1.29, 1.82) is 0 Å². The minimum absolute atomic E-state index is 0.0743. The Labute approximate surface area is 160 Å². The van der Waals surface area contributed by atoms with Crippen LogP contribution >= 0.6 is 23.2 Å². The molecule has 0 spiro atoms. The number of anilines is 1. The van der Waals surface area contributed by atoms with Crippen LogP contribution in [0, 0.1) is 0 Å². The maximum atomic E-state index is 12.3. The van der Waals surface area contributed by atoms with Crippen molar-refractivity contribution in [1.82, 2.24) is 0 Å². The number of nitrogens with two attached hydrogens (primary N) is 1. The molecule has 0 unspecified atom stereocenters. The molecule has 2 aromatic rings. The molecule has 26 heavy (non-hydrogen) atoms. The molecule has 0 radical (unpaired) electrons. The molecule has 3 rings (SSSR count). The van der Waals surface area contributed by atoms with E-state index in [0.29, 0.717) is 41.0 Å². The standard InChI is InChI=1S/C18H16Cl2N2O4/c19-13-3-2-11(9-12(13)18(21)24)22-16(23)8-10-6-14(20)17-15(7-10)25-4-1-5-26-17/h2-3,6-7,9H,1,4-5,8H2,(H2,21,24)(H,22,23). The average molecular weight is 395 g/mol. The molecule has 0 aliphatic carbocycles. The van der Waals surface area contributed by atoms with E-state index < -0.39 is 5.91 Å². The van der Waals surface area contributed by atoms with E-state index in [2.05, 4.69) is 5.32 Å². The zero-order chi connectivity index (χ0) is 18.7. The van der Waals surface area contributed by atoms with Crippen molar-refractivity contribution < 1.29 is 19.1 Å². The molecule has 0 fully saturated rings. The van der Waals surface area contributed by atoms with E-state index in [1.165, 1.54) is 12.1 Å². The lowest BCUT2D eigenvalue weighted by Crippen LogP contribution is -2.16. The minimum atomic E-state index is -0.666. The summed E-state index contributed by atoms with van der Waals surface area (Å²) in [7, 11) is 0. The second kappa shape index (κ2) is 7.85. The van der Waals surface area contributed by atoms with Crippen molar-refractivity contribution in [3.8, 4) is 11.5 Å². The summed E-state index contributed by atoms with van der Waals surface area (Å²) in [6.07, 6.45) is 0.838. The van der Waals surface area contributed by atoms with Gasteiger partial charge in [0.25, 0.3) is 0 Å². The normalized spacial score (nSPS) is 13.0. The maximum Gasteiger partial charge on any atom is 0.250 e. The first kappa shape index (κ1) is 18.4. The molecule has 1 aliphatic rings. The first-order chi connectivity index (χ1) is 12.4. The number of benzene rings is 2. The van der Waals surface area contributed by atoms with Crippen LogP contribution < -0.4 is 20.5 Å². The fourth-order valence-corrected chi connectivity index (χ4v) is 3.07. The lowest BCUT2D eigenvalue weighted by Gasteiger charge is -2.12. The fourth-order valence-electron chi connectivity index (χ4n) is 2.57. The molecule has 2 aromatic carbocycles. The molecule has 0 bridgehead atoms. The summed E-state index contributed by atoms with van der Waals surface area (Å²) in [5.74, 6) is 0.0755. The number of ether oxygens (including phenoxy) is 2. The maximum absolute atomic E-state index is 12.3. The van der Waals surface area contributed by atoms with Gasteiger partial charge in [-0.25, -0.2) is 0 Å².